The molecule has 1 aliphatic heterocycles. The van der Waals surface area contributed by atoms with E-state index in [1.165, 1.54) is 12.1 Å². The molecule has 0 bridgehead atoms. The molecule has 1 saturated heterocycles. The highest BCUT2D eigenvalue weighted by molar-refractivity contribution is 9.10. The van der Waals surface area contributed by atoms with E-state index in [1.807, 2.05) is 11.8 Å². The van der Waals surface area contributed by atoms with Gasteiger partial charge in [-0.3, -0.25) is 0 Å². The Morgan fingerprint density at radius 1 is 1.38 bits per heavy atom. The Balaban J connectivity index is 2.40. The van der Waals surface area contributed by atoms with E-state index in [9.17, 15) is 13.2 Å². The number of anilines is 1. The van der Waals surface area contributed by atoms with Crippen LogP contribution in [0.15, 0.2) is 22.7 Å². The average Bonchev–Trinajstić information content (AvgIpc) is 2.44. The van der Waals surface area contributed by atoms with Crippen molar-refractivity contribution in [2.24, 2.45) is 0 Å². The Hall–Kier alpha value is -0.750. The highest BCUT2D eigenvalue weighted by atomic mass is 79.9. The molecule has 0 radical (unpaired) electrons. The molecule has 0 spiro atoms. The van der Waals surface area contributed by atoms with Gasteiger partial charge in [-0.05, 0) is 44.0 Å². The third-order valence-corrected chi connectivity index (χ3v) is 4.24. The van der Waals surface area contributed by atoms with Crippen molar-refractivity contribution >= 4 is 21.6 Å². The predicted octanol–water partition coefficient (Wildman–Crippen LogP) is 4.44. The van der Waals surface area contributed by atoms with E-state index < -0.39 is 11.7 Å². The largest absolute Gasteiger partial charge is 0.418 e. The molecule has 21 heavy (non-hydrogen) atoms. The van der Waals surface area contributed by atoms with Crippen molar-refractivity contribution in [1.82, 2.24) is 5.32 Å². The van der Waals surface area contributed by atoms with Gasteiger partial charge < -0.3 is 10.2 Å². The molecule has 1 aliphatic rings. The highest BCUT2D eigenvalue weighted by Crippen LogP contribution is 2.39. The van der Waals surface area contributed by atoms with Crippen molar-refractivity contribution in [1.29, 1.82) is 0 Å². The fourth-order valence-corrected chi connectivity index (χ4v) is 3.17. The van der Waals surface area contributed by atoms with Crippen LogP contribution in [0.1, 0.15) is 31.7 Å². The second kappa shape index (κ2) is 7.01. The van der Waals surface area contributed by atoms with Crippen LogP contribution in [0.2, 0.25) is 0 Å². The third-order valence-electron chi connectivity index (χ3n) is 3.75. The van der Waals surface area contributed by atoms with E-state index in [2.05, 4.69) is 21.2 Å². The Morgan fingerprint density at radius 2 is 2.14 bits per heavy atom. The molecule has 1 atom stereocenters. The molecule has 0 saturated carbocycles. The molecule has 1 N–H and O–H groups in total. The summed E-state index contributed by atoms with van der Waals surface area (Å²) in [6.45, 7) is 4.31. The zero-order valence-corrected chi connectivity index (χ0v) is 13.6. The van der Waals surface area contributed by atoms with Crippen LogP contribution < -0.4 is 10.2 Å². The number of benzene rings is 1. The summed E-state index contributed by atoms with van der Waals surface area (Å²) in [6.07, 6.45) is -1.58. The van der Waals surface area contributed by atoms with Crippen molar-refractivity contribution in [3.05, 3.63) is 28.2 Å². The van der Waals surface area contributed by atoms with Gasteiger partial charge in [-0.15, -0.1) is 0 Å². The minimum Gasteiger partial charge on any atom is -0.367 e. The molecule has 1 heterocycles. The van der Waals surface area contributed by atoms with E-state index in [0.717, 1.165) is 32.4 Å². The molecular weight excluding hydrogens is 345 g/mol. The molecule has 2 rings (SSSR count). The first-order valence-electron chi connectivity index (χ1n) is 7.27. The van der Waals surface area contributed by atoms with Gasteiger partial charge in [-0.25, -0.2) is 0 Å². The first kappa shape index (κ1) is 16.6. The molecule has 1 aromatic rings. The molecule has 0 amide bonds. The van der Waals surface area contributed by atoms with E-state index in [4.69, 9.17) is 0 Å². The van der Waals surface area contributed by atoms with Crippen molar-refractivity contribution in [3.8, 4) is 0 Å². The van der Waals surface area contributed by atoms with Gasteiger partial charge in [-0.1, -0.05) is 22.9 Å². The van der Waals surface area contributed by atoms with Crippen LogP contribution in [-0.4, -0.2) is 25.7 Å². The van der Waals surface area contributed by atoms with Gasteiger partial charge in [0.05, 0.1) is 11.3 Å². The minimum atomic E-state index is -4.33. The molecule has 0 aromatic heterocycles. The zero-order valence-electron chi connectivity index (χ0n) is 12.0. The van der Waals surface area contributed by atoms with E-state index in [0.29, 0.717) is 11.0 Å². The maximum absolute atomic E-state index is 13.3. The standard InChI is InChI=1S/C15H20BrF3N2/c1-2-8-21(12-4-3-7-20-10-12)14-9-11(16)5-6-13(14)15(17,18)19/h5-6,9,12,20H,2-4,7-8,10H2,1H3. The van der Waals surface area contributed by atoms with E-state index in [-0.39, 0.29) is 11.7 Å². The normalized spacial score (nSPS) is 19.6. The SMILES string of the molecule is CCCN(c1cc(Br)ccc1C(F)(F)F)C1CCCNC1. The monoisotopic (exact) mass is 364 g/mol. The van der Waals surface area contributed by atoms with Crippen molar-refractivity contribution in [2.45, 2.75) is 38.4 Å². The van der Waals surface area contributed by atoms with Gasteiger partial charge in [0, 0.05) is 23.6 Å². The summed E-state index contributed by atoms with van der Waals surface area (Å²) in [4.78, 5) is 1.92. The molecule has 0 aliphatic carbocycles. The van der Waals surface area contributed by atoms with Crippen LogP contribution in [0.5, 0.6) is 0 Å². The van der Waals surface area contributed by atoms with Gasteiger partial charge >= 0.3 is 6.18 Å². The molecule has 6 heteroatoms. The second-order valence-electron chi connectivity index (χ2n) is 5.35. The maximum Gasteiger partial charge on any atom is 0.418 e. The van der Waals surface area contributed by atoms with Crippen molar-refractivity contribution < 1.29 is 13.2 Å². The summed E-state index contributed by atoms with van der Waals surface area (Å²) in [6, 6.07) is 4.33. The summed E-state index contributed by atoms with van der Waals surface area (Å²) < 4.78 is 40.5. The number of alkyl halides is 3. The lowest BCUT2D eigenvalue weighted by atomic mass is 10.0. The van der Waals surface area contributed by atoms with Crippen molar-refractivity contribution in [2.75, 3.05) is 24.5 Å². The third kappa shape index (κ3) is 4.13. The Labute approximate surface area is 131 Å². The van der Waals surface area contributed by atoms with Crippen LogP contribution in [-0.2, 0) is 6.18 Å². The number of halogens is 4. The smallest absolute Gasteiger partial charge is 0.367 e. The second-order valence-corrected chi connectivity index (χ2v) is 6.27. The lowest BCUT2D eigenvalue weighted by Gasteiger charge is -2.37. The fraction of sp³-hybridized carbons (Fsp3) is 0.600. The molecule has 1 fully saturated rings. The minimum absolute atomic E-state index is 0.120. The lowest BCUT2D eigenvalue weighted by Crippen LogP contribution is -2.47. The van der Waals surface area contributed by atoms with Crippen LogP contribution in [0.25, 0.3) is 0 Å². The first-order chi connectivity index (χ1) is 9.93. The zero-order chi connectivity index (χ0) is 15.5. The van der Waals surface area contributed by atoms with Gasteiger partial charge in [0.2, 0.25) is 0 Å². The van der Waals surface area contributed by atoms with Crippen LogP contribution in [0.4, 0.5) is 18.9 Å². The summed E-state index contributed by atoms with van der Waals surface area (Å²) in [5.74, 6) is 0. The maximum atomic E-state index is 13.3. The van der Waals surface area contributed by atoms with Crippen LogP contribution in [0.3, 0.4) is 0 Å². The Morgan fingerprint density at radius 3 is 2.71 bits per heavy atom. The summed E-state index contributed by atoms with van der Waals surface area (Å²) in [5.41, 5.74) is -0.267. The Kier molecular flexibility index (Phi) is 5.54. The summed E-state index contributed by atoms with van der Waals surface area (Å²) in [7, 11) is 0. The quantitative estimate of drug-likeness (QED) is 0.849. The first-order valence-corrected chi connectivity index (χ1v) is 8.07. The van der Waals surface area contributed by atoms with Crippen molar-refractivity contribution in [3.63, 3.8) is 0 Å². The molecule has 1 aromatic carbocycles. The van der Waals surface area contributed by atoms with Gasteiger partial charge in [0.1, 0.15) is 0 Å². The van der Waals surface area contributed by atoms with Gasteiger partial charge in [-0.2, -0.15) is 13.2 Å². The molecule has 2 nitrogen and oxygen atoms in total. The van der Waals surface area contributed by atoms with E-state index >= 15 is 0 Å². The topological polar surface area (TPSA) is 15.3 Å². The number of piperidine rings is 1. The highest BCUT2D eigenvalue weighted by Gasteiger charge is 2.36. The molecule has 1 unspecified atom stereocenters. The van der Waals surface area contributed by atoms with Gasteiger partial charge in [0.15, 0.2) is 0 Å². The van der Waals surface area contributed by atoms with Crippen LogP contribution >= 0.6 is 15.9 Å². The Bertz CT molecular complexity index is 470. The van der Waals surface area contributed by atoms with Gasteiger partial charge in [0.25, 0.3) is 0 Å². The van der Waals surface area contributed by atoms with E-state index in [1.54, 1.807) is 6.07 Å². The fourth-order valence-electron chi connectivity index (χ4n) is 2.82. The number of nitrogens with zero attached hydrogens (tertiary/aromatic N) is 1. The molecular formula is C15H20BrF3N2. The number of rotatable bonds is 4. The summed E-state index contributed by atoms with van der Waals surface area (Å²) >= 11 is 3.30. The number of hydrogen-bond donors (Lipinski definition) is 1. The number of nitrogens with one attached hydrogen (secondary N) is 1. The molecule has 118 valence electrons. The average molecular weight is 365 g/mol. The lowest BCUT2D eigenvalue weighted by molar-refractivity contribution is -0.137. The summed E-state index contributed by atoms with van der Waals surface area (Å²) in [5, 5.41) is 3.28. The van der Waals surface area contributed by atoms with Crippen LogP contribution in [0, 0.1) is 0 Å². The number of hydrogen-bond acceptors (Lipinski definition) is 2. The predicted molar refractivity (Wildman–Crippen MR) is 82.7 cm³/mol.